The Morgan fingerprint density at radius 2 is 2.23 bits per heavy atom. The maximum Gasteiger partial charge on any atom is 0.287 e. The van der Waals surface area contributed by atoms with Crippen LogP contribution in [-0.2, 0) is 4.79 Å². The highest BCUT2D eigenvalue weighted by atomic mass is 16.3. The Morgan fingerprint density at radius 1 is 1.54 bits per heavy atom. The summed E-state index contributed by atoms with van der Waals surface area (Å²) in [6, 6.07) is 1.70. The van der Waals surface area contributed by atoms with Crippen molar-refractivity contribution in [2.75, 3.05) is 6.54 Å². The van der Waals surface area contributed by atoms with Crippen molar-refractivity contribution in [3.8, 4) is 0 Å². The Kier molecular flexibility index (Phi) is 2.84. The summed E-state index contributed by atoms with van der Waals surface area (Å²) >= 11 is 0. The van der Waals surface area contributed by atoms with E-state index in [1.54, 1.807) is 13.0 Å². The zero-order chi connectivity index (χ0) is 9.84. The summed E-state index contributed by atoms with van der Waals surface area (Å²) < 4.78 is 4.94. The first kappa shape index (κ1) is 9.51. The monoisotopic (exact) mass is 181 g/mol. The van der Waals surface area contributed by atoms with Gasteiger partial charge in [0.15, 0.2) is 5.76 Å². The van der Waals surface area contributed by atoms with Gasteiger partial charge < -0.3 is 9.73 Å². The Morgan fingerprint density at radius 3 is 2.69 bits per heavy atom. The number of nitrogens with one attached hydrogen (secondary N) is 1. The van der Waals surface area contributed by atoms with Gasteiger partial charge in [0.2, 0.25) is 0 Å². The fourth-order valence-corrected chi connectivity index (χ4v) is 0.890. The number of Topliss-reactive ketones (excluding diaryl/α,β-unsaturated/α-hetero) is 1. The molecular formula is C9H11NO3. The first-order valence-corrected chi connectivity index (χ1v) is 3.93. The number of hydrogen-bond donors (Lipinski definition) is 1. The van der Waals surface area contributed by atoms with Crippen molar-refractivity contribution in [3.05, 3.63) is 23.7 Å². The molecule has 1 amide bonds. The van der Waals surface area contributed by atoms with Crippen molar-refractivity contribution in [2.24, 2.45) is 0 Å². The van der Waals surface area contributed by atoms with Crippen LogP contribution >= 0.6 is 0 Å². The molecule has 0 spiro atoms. The van der Waals surface area contributed by atoms with Crippen LogP contribution < -0.4 is 5.32 Å². The van der Waals surface area contributed by atoms with E-state index in [4.69, 9.17) is 4.42 Å². The molecule has 4 nitrogen and oxygen atoms in total. The molecule has 0 aliphatic heterocycles. The van der Waals surface area contributed by atoms with Crippen LogP contribution in [0.3, 0.4) is 0 Å². The van der Waals surface area contributed by atoms with Crippen LogP contribution in [0.1, 0.15) is 23.0 Å². The van der Waals surface area contributed by atoms with Gasteiger partial charge in [0.25, 0.3) is 5.91 Å². The highest BCUT2D eigenvalue weighted by molar-refractivity contribution is 5.95. The summed E-state index contributed by atoms with van der Waals surface area (Å²) in [7, 11) is 0. The minimum Gasteiger partial charge on any atom is -0.459 e. The zero-order valence-electron chi connectivity index (χ0n) is 7.59. The molecule has 1 heterocycles. The molecule has 0 radical (unpaired) electrons. The van der Waals surface area contributed by atoms with Crippen molar-refractivity contribution in [1.29, 1.82) is 0 Å². The van der Waals surface area contributed by atoms with Gasteiger partial charge in [0.1, 0.15) is 5.78 Å². The lowest BCUT2D eigenvalue weighted by atomic mass is 10.2. The normalized spacial score (nSPS) is 9.69. The van der Waals surface area contributed by atoms with E-state index in [-0.39, 0.29) is 24.0 Å². The van der Waals surface area contributed by atoms with Crippen LogP contribution in [0.25, 0.3) is 0 Å². The van der Waals surface area contributed by atoms with Gasteiger partial charge in [-0.2, -0.15) is 0 Å². The molecule has 0 unspecified atom stereocenters. The second-order valence-corrected chi connectivity index (χ2v) is 2.82. The zero-order valence-corrected chi connectivity index (χ0v) is 7.59. The van der Waals surface area contributed by atoms with Crippen LogP contribution in [0.5, 0.6) is 0 Å². The molecule has 0 aliphatic carbocycles. The molecular weight excluding hydrogens is 170 g/mol. The van der Waals surface area contributed by atoms with Gasteiger partial charge in [-0.1, -0.05) is 0 Å². The summed E-state index contributed by atoms with van der Waals surface area (Å²) in [6.45, 7) is 3.22. The second-order valence-electron chi connectivity index (χ2n) is 2.82. The molecule has 0 saturated heterocycles. The molecule has 0 fully saturated rings. The molecule has 13 heavy (non-hydrogen) atoms. The Bertz CT molecular complexity index is 327. The van der Waals surface area contributed by atoms with E-state index in [2.05, 4.69) is 5.32 Å². The summed E-state index contributed by atoms with van der Waals surface area (Å²) in [4.78, 5) is 21.8. The summed E-state index contributed by atoms with van der Waals surface area (Å²) in [5.41, 5.74) is 0.765. The third-order valence-electron chi connectivity index (χ3n) is 1.57. The Balaban J connectivity index is 2.59. The second kappa shape index (κ2) is 3.89. The molecule has 0 atom stereocenters. The maximum absolute atomic E-state index is 11.3. The third-order valence-corrected chi connectivity index (χ3v) is 1.57. The van der Waals surface area contributed by atoms with Gasteiger partial charge in [0, 0.05) is 5.56 Å². The van der Waals surface area contributed by atoms with Gasteiger partial charge in [-0.05, 0) is 19.9 Å². The Hall–Kier alpha value is -1.58. The standard InChI is InChI=1S/C9H11NO3/c1-6-3-4-13-8(6)9(12)10-5-7(2)11/h3-4H,5H2,1-2H3,(H,10,12). The van der Waals surface area contributed by atoms with E-state index >= 15 is 0 Å². The SMILES string of the molecule is CC(=O)CNC(=O)c1occc1C. The van der Waals surface area contributed by atoms with Crippen molar-refractivity contribution >= 4 is 11.7 Å². The summed E-state index contributed by atoms with van der Waals surface area (Å²) in [5, 5.41) is 2.44. The minimum absolute atomic E-state index is 0.0406. The molecule has 1 aromatic rings. The number of carbonyl (C=O) groups is 2. The smallest absolute Gasteiger partial charge is 0.287 e. The predicted molar refractivity (Wildman–Crippen MR) is 46.5 cm³/mol. The fraction of sp³-hybridized carbons (Fsp3) is 0.333. The maximum atomic E-state index is 11.3. The lowest BCUT2D eigenvalue weighted by Crippen LogP contribution is -2.28. The highest BCUT2D eigenvalue weighted by Crippen LogP contribution is 2.07. The van der Waals surface area contributed by atoms with Crippen molar-refractivity contribution in [3.63, 3.8) is 0 Å². The van der Waals surface area contributed by atoms with E-state index in [1.165, 1.54) is 13.2 Å². The highest BCUT2D eigenvalue weighted by Gasteiger charge is 2.11. The van der Waals surface area contributed by atoms with Gasteiger partial charge in [0.05, 0.1) is 12.8 Å². The lowest BCUT2D eigenvalue weighted by Gasteiger charge is -1.99. The lowest BCUT2D eigenvalue weighted by molar-refractivity contribution is -0.116. The molecule has 0 aromatic carbocycles. The molecule has 1 rings (SSSR count). The van der Waals surface area contributed by atoms with Crippen LogP contribution in [0, 0.1) is 6.92 Å². The van der Waals surface area contributed by atoms with E-state index in [0.29, 0.717) is 0 Å². The molecule has 4 heteroatoms. The first-order chi connectivity index (χ1) is 6.11. The average molecular weight is 181 g/mol. The van der Waals surface area contributed by atoms with Crippen LogP contribution in [0.15, 0.2) is 16.7 Å². The van der Waals surface area contributed by atoms with Crippen LogP contribution in [0.2, 0.25) is 0 Å². The number of ketones is 1. The third kappa shape index (κ3) is 2.43. The van der Waals surface area contributed by atoms with Gasteiger partial charge in [-0.3, -0.25) is 9.59 Å². The van der Waals surface area contributed by atoms with E-state index in [1.807, 2.05) is 0 Å². The van der Waals surface area contributed by atoms with Crippen molar-refractivity contribution < 1.29 is 14.0 Å². The molecule has 70 valence electrons. The molecule has 1 aromatic heterocycles. The fourth-order valence-electron chi connectivity index (χ4n) is 0.890. The number of aryl methyl sites for hydroxylation is 1. The van der Waals surface area contributed by atoms with Crippen LogP contribution in [0.4, 0.5) is 0 Å². The topological polar surface area (TPSA) is 59.3 Å². The molecule has 0 saturated carbocycles. The van der Waals surface area contributed by atoms with E-state index in [0.717, 1.165) is 5.56 Å². The molecule has 0 aliphatic rings. The van der Waals surface area contributed by atoms with Gasteiger partial charge >= 0.3 is 0 Å². The molecule has 0 bridgehead atoms. The summed E-state index contributed by atoms with van der Waals surface area (Å²) in [5.74, 6) is -0.170. The number of hydrogen-bond acceptors (Lipinski definition) is 3. The Labute approximate surface area is 75.9 Å². The van der Waals surface area contributed by atoms with Crippen LogP contribution in [-0.4, -0.2) is 18.2 Å². The average Bonchev–Trinajstić information content (AvgIpc) is 2.47. The van der Waals surface area contributed by atoms with Gasteiger partial charge in [-0.15, -0.1) is 0 Å². The quantitative estimate of drug-likeness (QED) is 0.753. The van der Waals surface area contributed by atoms with Crippen molar-refractivity contribution in [2.45, 2.75) is 13.8 Å². The first-order valence-electron chi connectivity index (χ1n) is 3.93. The number of amides is 1. The minimum atomic E-state index is -0.349. The van der Waals surface area contributed by atoms with Crippen molar-refractivity contribution in [1.82, 2.24) is 5.32 Å². The number of carbonyl (C=O) groups excluding carboxylic acids is 2. The predicted octanol–water partition coefficient (Wildman–Crippen LogP) is 0.907. The van der Waals surface area contributed by atoms with E-state index < -0.39 is 0 Å². The number of furan rings is 1. The summed E-state index contributed by atoms with van der Waals surface area (Å²) in [6.07, 6.45) is 1.44. The number of rotatable bonds is 3. The molecule has 1 N–H and O–H groups in total. The van der Waals surface area contributed by atoms with E-state index in [9.17, 15) is 9.59 Å². The largest absolute Gasteiger partial charge is 0.459 e. The van der Waals surface area contributed by atoms with Gasteiger partial charge in [-0.25, -0.2) is 0 Å².